The molecule has 9 nitrogen and oxygen atoms in total. The van der Waals surface area contributed by atoms with E-state index in [1.165, 1.54) is 23.1 Å². The number of fused-ring (bicyclic) bond motifs is 1. The van der Waals surface area contributed by atoms with Crippen LogP contribution in [0.3, 0.4) is 0 Å². The minimum Gasteiger partial charge on any atom is -0.508 e. The zero-order chi connectivity index (χ0) is 24.5. The van der Waals surface area contributed by atoms with E-state index in [9.17, 15) is 15.0 Å². The Hall–Kier alpha value is -3.39. The van der Waals surface area contributed by atoms with Crippen molar-refractivity contribution in [2.24, 2.45) is 0 Å². The summed E-state index contributed by atoms with van der Waals surface area (Å²) in [6, 6.07) is 12.2. The van der Waals surface area contributed by atoms with Gasteiger partial charge in [0.1, 0.15) is 18.2 Å². The molecule has 0 radical (unpaired) electrons. The Bertz CT molecular complexity index is 1450. The number of aromatic nitrogens is 4. The van der Waals surface area contributed by atoms with Gasteiger partial charge in [0, 0.05) is 47.9 Å². The maximum Gasteiger partial charge on any atom is 0.266 e. The molecule has 10 heteroatoms. The molecular weight excluding hydrogens is 465 g/mol. The fourth-order valence-electron chi connectivity index (χ4n) is 4.32. The molecule has 2 atom stereocenters. The number of aryl methyl sites for hydroxylation is 1. The summed E-state index contributed by atoms with van der Waals surface area (Å²) in [5.74, 6) is -0.0738. The van der Waals surface area contributed by atoms with Crippen molar-refractivity contribution in [2.75, 3.05) is 31.2 Å². The van der Waals surface area contributed by atoms with E-state index in [2.05, 4.69) is 35.3 Å². The van der Waals surface area contributed by atoms with Crippen LogP contribution < -0.4 is 15.8 Å². The van der Waals surface area contributed by atoms with Crippen LogP contribution in [-0.4, -0.2) is 56.3 Å². The van der Waals surface area contributed by atoms with Crippen molar-refractivity contribution in [1.29, 1.82) is 0 Å². The van der Waals surface area contributed by atoms with Gasteiger partial charge < -0.3 is 19.8 Å². The lowest BCUT2D eigenvalue weighted by atomic mass is 9.98. The predicted molar refractivity (Wildman–Crippen MR) is 137 cm³/mol. The Morgan fingerprint density at radius 1 is 1.11 bits per heavy atom. The van der Waals surface area contributed by atoms with Gasteiger partial charge in [0.15, 0.2) is 0 Å². The third-order valence-corrected chi connectivity index (χ3v) is 6.69. The van der Waals surface area contributed by atoms with Gasteiger partial charge in [0.25, 0.3) is 5.56 Å². The van der Waals surface area contributed by atoms with E-state index in [1.807, 2.05) is 12.1 Å². The van der Waals surface area contributed by atoms with Gasteiger partial charge in [-0.3, -0.25) is 4.79 Å². The Morgan fingerprint density at radius 2 is 1.91 bits per heavy atom. The van der Waals surface area contributed by atoms with Crippen molar-refractivity contribution in [2.45, 2.75) is 19.6 Å². The van der Waals surface area contributed by atoms with Crippen molar-refractivity contribution in [3.05, 3.63) is 70.4 Å². The van der Waals surface area contributed by atoms with Crippen LogP contribution in [0.15, 0.2) is 53.6 Å². The summed E-state index contributed by atoms with van der Waals surface area (Å²) in [6.07, 6.45) is 0.297. The van der Waals surface area contributed by atoms with Gasteiger partial charge in [0.05, 0.1) is 30.1 Å². The molecule has 2 N–H and O–H groups in total. The van der Waals surface area contributed by atoms with E-state index in [0.717, 1.165) is 40.5 Å². The lowest BCUT2D eigenvalue weighted by Crippen LogP contribution is -2.36. The summed E-state index contributed by atoms with van der Waals surface area (Å²) in [5, 5.41) is 27.5. The lowest BCUT2D eigenvalue weighted by Gasteiger charge is -2.29. The lowest BCUT2D eigenvalue weighted by molar-refractivity contribution is 0.122. The van der Waals surface area contributed by atoms with Crippen LogP contribution in [0, 0.1) is 0 Å². The molecule has 0 bridgehead atoms. The Morgan fingerprint density at radius 3 is 2.69 bits per heavy atom. The zero-order valence-corrected chi connectivity index (χ0v) is 20.4. The fraction of sp³-hybridized carbons (Fsp3) is 0.280. The number of hydrogen-bond acceptors (Lipinski definition) is 8. The molecule has 1 fully saturated rings. The summed E-state index contributed by atoms with van der Waals surface area (Å²) in [5.41, 5.74) is 3.59. The number of aromatic hydroxyl groups is 1. The van der Waals surface area contributed by atoms with Crippen molar-refractivity contribution >= 4 is 31.1 Å². The molecule has 2 aromatic carbocycles. The average Bonchev–Trinajstić information content (AvgIpc) is 2.88. The number of hydrogen-bond donors (Lipinski definition) is 2. The highest BCUT2D eigenvalue weighted by atomic mass is 31.0. The maximum atomic E-state index is 11.9. The minimum atomic E-state index is -1.22. The Kier molecular flexibility index (Phi) is 6.47. The van der Waals surface area contributed by atoms with E-state index < -0.39 is 6.10 Å². The SMILES string of the molecule is CCn1nc(C(O)c2cc(-c3ncnc4cc(N5CCOCC5)ccc34)c(P)cc2O)ccc1=O. The fourth-order valence-corrected chi connectivity index (χ4v) is 4.70. The smallest absolute Gasteiger partial charge is 0.266 e. The number of phenols is 1. The maximum absolute atomic E-state index is 11.9. The van der Waals surface area contributed by atoms with Crippen LogP contribution in [0.2, 0.25) is 0 Å². The second-order valence-corrected chi connectivity index (χ2v) is 8.96. The number of aliphatic hydroxyl groups is 1. The molecule has 2 aromatic heterocycles. The molecule has 0 aliphatic carbocycles. The highest BCUT2D eigenvalue weighted by Crippen LogP contribution is 2.34. The molecule has 180 valence electrons. The van der Waals surface area contributed by atoms with Gasteiger partial charge in [0.2, 0.25) is 0 Å². The van der Waals surface area contributed by atoms with Gasteiger partial charge >= 0.3 is 0 Å². The molecule has 1 aliphatic heterocycles. The molecule has 0 amide bonds. The standard InChI is InChI=1S/C25H26N5O4P/c1-2-30-23(32)6-5-19(28-30)25(33)17-12-18(22(35)13-21(17)31)24-16-4-3-15(11-20(16)26-14-27-24)29-7-9-34-10-8-29/h3-6,11-14,25,31,33H,2,7-10,35H2,1H3. The summed E-state index contributed by atoms with van der Waals surface area (Å²) < 4.78 is 6.73. The monoisotopic (exact) mass is 491 g/mol. The zero-order valence-electron chi connectivity index (χ0n) is 19.3. The van der Waals surface area contributed by atoms with Gasteiger partial charge in [-0.15, -0.1) is 9.24 Å². The van der Waals surface area contributed by atoms with Gasteiger partial charge in [-0.25, -0.2) is 14.6 Å². The third kappa shape index (κ3) is 4.50. The topological polar surface area (TPSA) is 114 Å². The quantitative estimate of drug-likeness (QED) is 0.408. The summed E-state index contributed by atoms with van der Waals surface area (Å²) in [7, 11) is 2.62. The number of aliphatic hydroxyl groups excluding tert-OH is 1. The van der Waals surface area contributed by atoms with Gasteiger partial charge in [-0.05, 0) is 48.6 Å². The predicted octanol–water partition coefficient (Wildman–Crippen LogP) is 2.00. The van der Waals surface area contributed by atoms with Crippen LogP contribution in [-0.2, 0) is 11.3 Å². The number of ether oxygens (including phenoxy) is 1. The molecule has 5 rings (SSSR count). The van der Waals surface area contributed by atoms with Crippen molar-refractivity contribution in [3.8, 4) is 17.0 Å². The van der Waals surface area contributed by atoms with Crippen molar-refractivity contribution in [1.82, 2.24) is 19.7 Å². The first kappa shape index (κ1) is 23.4. The Balaban J connectivity index is 1.58. The highest BCUT2D eigenvalue weighted by molar-refractivity contribution is 7.28. The molecule has 1 saturated heterocycles. The van der Waals surface area contributed by atoms with Crippen molar-refractivity contribution in [3.63, 3.8) is 0 Å². The number of rotatable bonds is 5. The first-order valence-electron chi connectivity index (χ1n) is 11.4. The molecule has 0 spiro atoms. The molecule has 0 saturated carbocycles. The van der Waals surface area contributed by atoms with Gasteiger partial charge in [-0.2, -0.15) is 5.10 Å². The third-order valence-electron chi connectivity index (χ3n) is 6.21. The first-order valence-corrected chi connectivity index (χ1v) is 12.0. The molecule has 35 heavy (non-hydrogen) atoms. The van der Waals surface area contributed by atoms with Crippen LogP contribution in [0.5, 0.6) is 5.75 Å². The summed E-state index contributed by atoms with van der Waals surface area (Å²) >= 11 is 0. The number of anilines is 1. The Labute approximate surface area is 204 Å². The van der Waals surface area contributed by atoms with Gasteiger partial charge in [-0.1, -0.05) is 0 Å². The largest absolute Gasteiger partial charge is 0.508 e. The summed E-state index contributed by atoms with van der Waals surface area (Å²) in [6.45, 7) is 5.24. The number of benzene rings is 2. The van der Waals surface area contributed by atoms with Crippen LogP contribution in [0.4, 0.5) is 5.69 Å². The molecular formula is C25H26N5O4P. The summed E-state index contributed by atoms with van der Waals surface area (Å²) in [4.78, 5) is 23.2. The van der Waals surface area contributed by atoms with E-state index in [0.29, 0.717) is 25.5 Å². The highest BCUT2D eigenvalue weighted by Gasteiger charge is 2.21. The van der Waals surface area contributed by atoms with Crippen LogP contribution in [0.25, 0.3) is 22.2 Å². The second kappa shape index (κ2) is 9.70. The van der Waals surface area contributed by atoms with E-state index in [-0.39, 0.29) is 22.6 Å². The van der Waals surface area contributed by atoms with Crippen molar-refractivity contribution < 1.29 is 14.9 Å². The molecule has 1 aliphatic rings. The van der Waals surface area contributed by atoms with Crippen LogP contribution >= 0.6 is 9.24 Å². The number of nitrogens with zero attached hydrogens (tertiary/aromatic N) is 5. The average molecular weight is 491 g/mol. The minimum absolute atomic E-state index is 0.0738. The molecule has 2 unspecified atom stereocenters. The normalized spacial score (nSPS) is 14.9. The number of morpholine rings is 1. The first-order chi connectivity index (χ1) is 17.0. The van der Waals surface area contributed by atoms with E-state index in [1.54, 1.807) is 19.1 Å². The van der Waals surface area contributed by atoms with Crippen LogP contribution in [0.1, 0.15) is 24.3 Å². The van der Waals surface area contributed by atoms with E-state index >= 15 is 0 Å². The van der Waals surface area contributed by atoms with E-state index in [4.69, 9.17) is 4.74 Å². The second-order valence-electron chi connectivity index (χ2n) is 8.34. The molecule has 3 heterocycles. The number of phenolic OH excluding ortho intramolecular Hbond substituents is 1. The molecule has 4 aromatic rings.